The highest BCUT2D eigenvalue weighted by atomic mass is 15.1. The Morgan fingerprint density at radius 3 is 2.41 bits per heavy atom. The molecule has 1 aliphatic carbocycles. The van der Waals surface area contributed by atoms with Crippen molar-refractivity contribution < 1.29 is 0 Å². The number of nitrogens with zero attached hydrogens (tertiary/aromatic N) is 1. The first-order valence-corrected chi connectivity index (χ1v) is 9.22. The molecule has 0 atom stereocenters. The summed E-state index contributed by atoms with van der Waals surface area (Å²) in [5, 5.41) is 3.60. The molecule has 1 aromatic carbocycles. The molecular formula is C20H32N2. The number of benzene rings is 1. The molecule has 2 fully saturated rings. The normalized spacial score (nSPS) is 25.6. The van der Waals surface area contributed by atoms with E-state index in [9.17, 15) is 0 Å². The maximum absolute atomic E-state index is 3.60. The molecule has 2 heteroatoms. The number of hydrogen-bond donors (Lipinski definition) is 1. The zero-order valence-corrected chi connectivity index (χ0v) is 14.4. The van der Waals surface area contributed by atoms with Gasteiger partial charge in [0.1, 0.15) is 0 Å². The Bertz CT molecular complexity index is 439. The van der Waals surface area contributed by atoms with E-state index in [1.54, 1.807) is 5.56 Å². The third kappa shape index (κ3) is 4.33. The van der Waals surface area contributed by atoms with Crippen LogP contribution in [-0.4, -0.2) is 31.1 Å². The van der Waals surface area contributed by atoms with Crippen LogP contribution in [0.3, 0.4) is 0 Å². The van der Waals surface area contributed by atoms with Crippen LogP contribution in [0.2, 0.25) is 0 Å². The minimum atomic E-state index is 0.763. The first-order chi connectivity index (χ1) is 10.7. The van der Waals surface area contributed by atoms with Crippen molar-refractivity contribution in [3.8, 4) is 0 Å². The molecule has 0 spiro atoms. The van der Waals surface area contributed by atoms with Crippen molar-refractivity contribution in [2.75, 3.05) is 26.2 Å². The van der Waals surface area contributed by atoms with Gasteiger partial charge in [0, 0.05) is 6.54 Å². The molecule has 1 saturated heterocycles. The maximum Gasteiger partial charge on any atom is 0.0233 e. The smallest absolute Gasteiger partial charge is 0.0233 e. The van der Waals surface area contributed by atoms with Crippen LogP contribution in [0.25, 0.3) is 0 Å². The van der Waals surface area contributed by atoms with Crippen molar-refractivity contribution in [2.24, 2.45) is 11.8 Å². The number of likely N-dealkylation sites (tertiary alicyclic amines) is 1. The van der Waals surface area contributed by atoms with Gasteiger partial charge in [-0.1, -0.05) is 38.1 Å². The lowest BCUT2D eigenvalue weighted by molar-refractivity contribution is 0.252. The summed E-state index contributed by atoms with van der Waals surface area (Å²) in [4.78, 5) is 2.58. The lowest BCUT2D eigenvalue weighted by atomic mass is 9.71. The molecule has 1 aromatic rings. The Kier molecular flexibility index (Phi) is 5.54. The minimum Gasteiger partial charge on any atom is -0.316 e. The van der Waals surface area contributed by atoms with E-state index in [0.29, 0.717) is 0 Å². The summed E-state index contributed by atoms with van der Waals surface area (Å²) in [6, 6.07) is 9.48. The Labute approximate surface area is 136 Å². The van der Waals surface area contributed by atoms with E-state index in [0.717, 1.165) is 30.8 Å². The molecule has 2 nitrogen and oxygen atoms in total. The first-order valence-electron chi connectivity index (χ1n) is 9.22. The topological polar surface area (TPSA) is 15.3 Å². The predicted molar refractivity (Wildman–Crippen MR) is 94.1 cm³/mol. The van der Waals surface area contributed by atoms with Gasteiger partial charge in [-0.3, -0.25) is 4.90 Å². The molecule has 0 unspecified atom stereocenters. The van der Waals surface area contributed by atoms with Gasteiger partial charge in [-0.15, -0.1) is 0 Å². The molecule has 22 heavy (non-hydrogen) atoms. The lowest BCUT2D eigenvalue weighted by Gasteiger charge is -2.36. The second kappa shape index (κ2) is 7.61. The van der Waals surface area contributed by atoms with Crippen molar-refractivity contribution in [3.05, 3.63) is 35.4 Å². The van der Waals surface area contributed by atoms with Gasteiger partial charge in [0.05, 0.1) is 0 Å². The Balaban J connectivity index is 1.40. The highest BCUT2D eigenvalue weighted by molar-refractivity contribution is 5.27. The number of rotatable bonds is 7. The lowest BCUT2D eigenvalue weighted by Crippen LogP contribution is -2.33. The largest absolute Gasteiger partial charge is 0.316 e. The Hall–Kier alpha value is -0.860. The second-order valence-electron chi connectivity index (χ2n) is 7.81. The van der Waals surface area contributed by atoms with Crippen LogP contribution in [0.15, 0.2) is 24.3 Å². The van der Waals surface area contributed by atoms with Crippen LogP contribution in [0.5, 0.6) is 0 Å². The Morgan fingerprint density at radius 1 is 1.09 bits per heavy atom. The first kappa shape index (κ1) is 16.0. The molecule has 0 radical (unpaired) electrons. The molecule has 1 N–H and O–H groups in total. The molecular weight excluding hydrogens is 268 g/mol. The Morgan fingerprint density at radius 2 is 1.77 bits per heavy atom. The van der Waals surface area contributed by atoms with Gasteiger partial charge in [0.15, 0.2) is 0 Å². The summed E-state index contributed by atoms with van der Waals surface area (Å²) in [5.41, 5.74) is 3.05. The fraction of sp³-hybridized carbons (Fsp3) is 0.700. The molecule has 0 bridgehead atoms. The molecule has 2 aliphatic rings. The quantitative estimate of drug-likeness (QED) is 0.818. The van der Waals surface area contributed by atoms with Crippen molar-refractivity contribution in [1.29, 1.82) is 0 Å². The van der Waals surface area contributed by atoms with E-state index >= 15 is 0 Å². The van der Waals surface area contributed by atoms with Gasteiger partial charge in [0.2, 0.25) is 0 Å². The maximum atomic E-state index is 3.60. The summed E-state index contributed by atoms with van der Waals surface area (Å²) in [7, 11) is 0. The van der Waals surface area contributed by atoms with Crippen LogP contribution >= 0.6 is 0 Å². The third-order valence-corrected chi connectivity index (χ3v) is 5.28. The van der Waals surface area contributed by atoms with E-state index in [1.165, 1.54) is 50.9 Å². The molecule has 0 aromatic heterocycles. The minimum absolute atomic E-state index is 0.763. The third-order valence-electron chi connectivity index (χ3n) is 5.28. The number of hydrogen-bond acceptors (Lipinski definition) is 2. The van der Waals surface area contributed by atoms with E-state index < -0.39 is 0 Å². The van der Waals surface area contributed by atoms with Crippen LogP contribution in [0, 0.1) is 11.8 Å². The number of nitrogens with one attached hydrogen (secondary N) is 1. The monoisotopic (exact) mass is 300 g/mol. The highest BCUT2D eigenvalue weighted by Gasteiger charge is 2.29. The molecule has 122 valence electrons. The molecule has 1 heterocycles. The fourth-order valence-electron chi connectivity index (χ4n) is 3.84. The summed E-state index contributed by atoms with van der Waals surface area (Å²) in [6.07, 6.45) is 5.51. The van der Waals surface area contributed by atoms with E-state index in [1.807, 2.05) is 0 Å². The van der Waals surface area contributed by atoms with Gasteiger partial charge in [0.25, 0.3) is 0 Å². The van der Waals surface area contributed by atoms with Crippen molar-refractivity contribution in [1.82, 2.24) is 10.2 Å². The van der Waals surface area contributed by atoms with Crippen LogP contribution in [-0.2, 0) is 6.54 Å². The van der Waals surface area contributed by atoms with Crippen molar-refractivity contribution in [3.63, 3.8) is 0 Å². The van der Waals surface area contributed by atoms with E-state index in [4.69, 9.17) is 0 Å². The van der Waals surface area contributed by atoms with Gasteiger partial charge in [-0.25, -0.2) is 0 Å². The molecule has 1 aliphatic heterocycles. The average Bonchev–Trinajstić information content (AvgIpc) is 2.95. The molecule has 1 saturated carbocycles. The van der Waals surface area contributed by atoms with Gasteiger partial charge >= 0.3 is 0 Å². The van der Waals surface area contributed by atoms with Crippen LogP contribution in [0.1, 0.15) is 56.6 Å². The molecule has 3 rings (SSSR count). The SMILES string of the molecule is CC(C)CNCC1CC(c2ccc(CN3CCCC3)cc2)C1. The average molecular weight is 300 g/mol. The standard InChI is InChI=1S/C20H32N2/c1-16(2)13-21-14-18-11-20(12-18)19-7-5-17(6-8-19)15-22-9-3-4-10-22/h5-8,16,18,20-21H,3-4,9-15H2,1-2H3. The summed E-state index contributed by atoms with van der Waals surface area (Å²) in [5.74, 6) is 2.47. The van der Waals surface area contributed by atoms with Crippen LogP contribution in [0.4, 0.5) is 0 Å². The van der Waals surface area contributed by atoms with Gasteiger partial charge in [-0.05, 0) is 80.7 Å². The zero-order chi connectivity index (χ0) is 15.4. The fourth-order valence-corrected chi connectivity index (χ4v) is 3.84. The second-order valence-corrected chi connectivity index (χ2v) is 7.81. The van der Waals surface area contributed by atoms with Crippen LogP contribution < -0.4 is 5.32 Å². The predicted octanol–water partition coefficient (Wildman–Crippen LogP) is 4.02. The van der Waals surface area contributed by atoms with Gasteiger partial charge < -0.3 is 5.32 Å². The van der Waals surface area contributed by atoms with E-state index in [2.05, 4.69) is 48.3 Å². The highest BCUT2D eigenvalue weighted by Crippen LogP contribution is 2.41. The summed E-state index contributed by atoms with van der Waals surface area (Å²) >= 11 is 0. The summed E-state index contributed by atoms with van der Waals surface area (Å²) < 4.78 is 0. The summed E-state index contributed by atoms with van der Waals surface area (Å²) in [6.45, 7) is 10.6. The molecule has 0 amide bonds. The van der Waals surface area contributed by atoms with E-state index in [-0.39, 0.29) is 0 Å². The van der Waals surface area contributed by atoms with Crippen molar-refractivity contribution in [2.45, 2.75) is 52.0 Å². The van der Waals surface area contributed by atoms with Gasteiger partial charge in [-0.2, -0.15) is 0 Å². The zero-order valence-electron chi connectivity index (χ0n) is 14.4. The van der Waals surface area contributed by atoms with Crippen molar-refractivity contribution >= 4 is 0 Å².